The van der Waals surface area contributed by atoms with E-state index in [1.165, 1.54) is 5.57 Å². The maximum absolute atomic E-state index is 12.9. The Kier molecular flexibility index (Phi) is 9.27. The quantitative estimate of drug-likeness (QED) is 0.174. The molecule has 10 heteroatoms. The van der Waals surface area contributed by atoms with E-state index in [0.717, 1.165) is 38.5 Å². The van der Waals surface area contributed by atoms with Crippen molar-refractivity contribution in [2.24, 2.45) is 17.6 Å². The molecule has 0 aromatic rings. The van der Waals surface area contributed by atoms with Crippen LogP contribution >= 0.6 is 0 Å². The third-order valence-corrected chi connectivity index (χ3v) is 8.63. The molecule has 0 bridgehead atoms. The first-order chi connectivity index (χ1) is 18.2. The minimum Gasteiger partial charge on any atom is -0.447 e. The van der Waals surface area contributed by atoms with Gasteiger partial charge in [-0.2, -0.15) is 0 Å². The van der Waals surface area contributed by atoms with E-state index in [1.807, 2.05) is 13.8 Å². The number of rotatable bonds is 14. The number of nitrogens with two attached hydrogens (primary N) is 1. The van der Waals surface area contributed by atoms with Gasteiger partial charge in [-0.05, 0) is 58.4 Å². The summed E-state index contributed by atoms with van der Waals surface area (Å²) in [6.07, 6.45) is 7.03. The van der Waals surface area contributed by atoms with Crippen LogP contribution < -0.4 is 16.4 Å². The highest BCUT2D eigenvalue weighted by Gasteiger charge is 2.94. The molecule has 2 heterocycles. The van der Waals surface area contributed by atoms with E-state index in [9.17, 15) is 9.59 Å². The normalized spacial score (nSPS) is 34.9. The fraction of sp³-hybridized carbons (Fsp3) is 0.857. The summed E-state index contributed by atoms with van der Waals surface area (Å²) >= 11 is 0. The van der Waals surface area contributed by atoms with Crippen LogP contribution in [0.25, 0.3) is 0 Å². The molecule has 4 aliphatic rings. The van der Waals surface area contributed by atoms with E-state index in [2.05, 4.69) is 30.6 Å². The molecule has 2 spiro atoms. The predicted molar refractivity (Wildman–Crippen MR) is 142 cm³/mol. The van der Waals surface area contributed by atoms with Gasteiger partial charge in [0.2, 0.25) is 0 Å². The third-order valence-electron chi connectivity index (χ3n) is 8.63. The molecule has 8 atom stereocenters. The van der Waals surface area contributed by atoms with E-state index in [4.69, 9.17) is 29.4 Å². The Morgan fingerprint density at radius 1 is 1.13 bits per heavy atom. The van der Waals surface area contributed by atoms with Crippen molar-refractivity contribution in [1.29, 1.82) is 0 Å². The van der Waals surface area contributed by atoms with Crippen molar-refractivity contribution in [3.8, 4) is 0 Å². The molecule has 2 aliphatic heterocycles. The van der Waals surface area contributed by atoms with Crippen LogP contribution in [-0.2, 0) is 23.7 Å². The number of fused-ring (bicyclic) bond motifs is 2. The summed E-state index contributed by atoms with van der Waals surface area (Å²) in [6, 6.07) is -0.375. The molecule has 5 unspecified atom stereocenters. The number of alkyl carbamates (subject to hydrolysis) is 2. The summed E-state index contributed by atoms with van der Waals surface area (Å²) in [4.78, 5) is 25.0. The molecule has 0 aromatic heterocycles. The van der Waals surface area contributed by atoms with Gasteiger partial charge in [0.05, 0.1) is 18.1 Å². The molecule has 0 radical (unpaired) electrons. The van der Waals surface area contributed by atoms with Gasteiger partial charge in [0.25, 0.3) is 0 Å². The average molecular weight is 538 g/mol. The van der Waals surface area contributed by atoms with Crippen molar-refractivity contribution < 1.29 is 33.3 Å². The lowest BCUT2D eigenvalue weighted by molar-refractivity contribution is -0.133. The lowest BCUT2D eigenvalue weighted by Crippen LogP contribution is -2.66. The lowest BCUT2D eigenvalue weighted by atomic mass is 9.55. The Hall–Kier alpha value is -1.88. The second-order valence-electron chi connectivity index (χ2n) is 11.8. The number of hydrogen-bond donors (Lipinski definition) is 3. The van der Waals surface area contributed by atoms with Gasteiger partial charge in [-0.15, -0.1) is 0 Å². The van der Waals surface area contributed by atoms with Gasteiger partial charge < -0.3 is 40.1 Å². The van der Waals surface area contributed by atoms with E-state index in [-0.39, 0.29) is 54.0 Å². The standard InChI is InChI=1S/C28H47N3O7/c1-17(2)10-11-21-28(37-21)23-22(34-5)20(12-13-27(23)24(28)38-27)36-26(33)31-19(18(3)4)16-35-25(32)30-15-9-7-6-8-14-29/h10,18-24H,6-9,11-16,29H2,1-5H3,(H,30,32)(H,31,33)/t19-,20?,21+,22?,23?,24?,27+,28?/m0/s1. The number of hydrogen-bond acceptors (Lipinski definition) is 8. The molecule has 4 N–H and O–H groups in total. The van der Waals surface area contributed by atoms with Gasteiger partial charge in [-0.25, -0.2) is 9.59 Å². The second-order valence-corrected chi connectivity index (χ2v) is 11.8. The highest BCUT2D eigenvalue weighted by molar-refractivity contribution is 5.69. The van der Waals surface area contributed by atoms with Gasteiger partial charge >= 0.3 is 12.2 Å². The van der Waals surface area contributed by atoms with E-state index >= 15 is 0 Å². The Bertz CT molecular complexity index is 879. The van der Waals surface area contributed by atoms with Crippen LogP contribution in [0, 0.1) is 11.8 Å². The molecular formula is C28H47N3O7. The molecule has 38 heavy (non-hydrogen) atoms. The number of epoxide rings is 2. The maximum Gasteiger partial charge on any atom is 0.407 e. The molecule has 4 rings (SSSR count). The average Bonchev–Trinajstić information content (AvgIpc) is 3.76. The Balaban J connectivity index is 1.24. The zero-order valence-electron chi connectivity index (χ0n) is 23.6. The lowest BCUT2D eigenvalue weighted by Gasteiger charge is -2.48. The summed E-state index contributed by atoms with van der Waals surface area (Å²) in [6.45, 7) is 9.41. The van der Waals surface area contributed by atoms with E-state index in [0.29, 0.717) is 19.5 Å². The van der Waals surface area contributed by atoms with Gasteiger partial charge in [-0.1, -0.05) is 38.3 Å². The van der Waals surface area contributed by atoms with E-state index in [1.54, 1.807) is 7.11 Å². The summed E-state index contributed by atoms with van der Waals surface area (Å²) < 4.78 is 29.6. The Morgan fingerprint density at radius 3 is 2.58 bits per heavy atom. The molecule has 0 aromatic carbocycles. The first-order valence-electron chi connectivity index (χ1n) is 14.3. The number of allylic oxidation sites excluding steroid dienone is 1. The summed E-state index contributed by atoms with van der Waals surface area (Å²) in [7, 11) is 1.66. The largest absolute Gasteiger partial charge is 0.447 e. The zero-order valence-corrected chi connectivity index (χ0v) is 23.6. The third kappa shape index (κ3) is 5.83. The molecule has 216 valence electrons. The van der Waals surface area contributed by atoms with Crippen molar-refractivity contribution in [1.82, 2.24) is 10.6 Å². The molecule has 2 aliphatic carbocycles. The first kappa shape index (κ1) is 29.1. The highest BCUT2D eigenvalue weighted by atomic mass is 16.7. The van der Waals surface area contributed by atoms with Crippen LogP contribution in [0.3, 0.4) is 0 Å². The predicted octanol–water partition coefficient (Wildman–Crippen LogP) is 3.42. The molecular weight excluding hydrogens is 490 g/mol. The number of methoxy groups -OCH3 is 1. The summed E-state index contributed by atoms with van der Waals surface area (Å²) in [5, 5.41) is 5.65. The number of ether oxygens (including phenoxy) is 5. The Morgan fingerprint density at radius 2 is 1.89 bits per heavy atom. The van der Waals surface area contributed by atoms with Crippen LogP contribution in [0.4, 0.5) is 9.59 Å². The number of amides is 2. The van der Waals surface area contributed by atoms with Crippen molar-refractivity contribution in [3.05, 3.63) is 11.6 Å². The Labute approximate surface area is 226 Å². The van der Waals surface area contributed by atoms with Crippen LogP contribution in [0.2, 0.25) is 0 Å². The van der Waals surface area contributed by atoms with Crippen LogP contribution in [0.15, 0.2) is 11.6 Å². The molecule has 4 fully saturated rings. The van der Waals surface area contributed by atoms with Gasteiger partial charge in [0.15, 0.2) is 0 Å². The van der Waals surface area contributed by atoms with Gasteiger partial charge in [0, 0.05) is 13.7 Å². The SMILES string of the molecule is COC1C(OC(=O)N[C@@H](COC(=O)NCCCCCCN)C(C)C)CC[C@]23OC2C2(O[C@@H]2CC=C(C)C)C13. The molecule has 10 nitrogen and oxygen atoms in total. The minimum atomic E-state index is -0.532. The first-order valence-corrected chi connectivity index (χ1v) is 14.3. The van der Waals surface area contributed by atoms with Crippen LogP contribution in [0.5, 0.6) is 0 Å². The maximum atomic E-state index is 12.9. The summed E-state index contributed by atoms with van der Waals surface area (Å²) in [5.41, 5.74) is 6.25. The van der Waals surface area contributed by atoms with Gasteiger partial charge in [0.1, 0.15) is 36.1 Å². The van der Waals surface area contributed by atoms with Crippen molar-refractivity contribution in [2.45, 2.75) is 114 Å². The highest BCUT2D eigenvalue weighted by Crippen LogP contribution is 2.77. The smallest absolute Gasteiger partial charge is 0.407 e. The zero-order chi connectivity index (χ0) is 27.5. The topological polar surface area (TPSA) is 137 Å². The number of carbonyl (C=O) groups is 2. The number of unbranched alkanes of at least 4 members (excludes halogenated alkanes) is 3. The number of nitrogens with one attached hydrogen (secondary N) is 2. The second kappa shape index (κ2) is 12.1. The molecule has 2 saturated heterocycles. The fourth-order valence-electron chi connectivity index (χ4n) is 6.43. The van der Waals surface area contributed by atoms with Gasteiger partial charge in [-0.3, -0.25) is 0 Å². The molecule has 2 saturated carbocycles. The van der Waals surface area contributed by atoms with Crippen molar-refractivity contribution >= 4 is 12.2 Å². The van der Waals surface area contributed by atoms with E-state index < -0.39 is 18.3 Å². The van der Waals surface area contributed by atoms with Crippen molar-refractivity contribution in [2.75, 3.05) is 26.8 Å². The number of carbonyl (C=O) groups excluding carboxylic acids is 2. The fourth-order valence-corrected chi connectivity index (χ4v) is 6.43. The monoisotopic (exact) mass is 537 g/mol. The summed E-state index contributed by atoms with van der Waals surface area (Å²) in [5.74, 6) is 0.0982. The molecule has 2 amide bonds. The minimum absolute atomic E-state index is 0.0469. The van der Waals surface area contributed by atoms with Crippen LogP contribution in [0.1, 0.15) is 72.6 Å². The van der Waals surface area contributed by atoms with Crippen LogP contribution in [-0.4, -0.2) is 80.7 Å². The van der Waals surface area contributed by atoms with Crippen molar-refractivity contribution in [3.63, 3.8) is 0 Å².